The summed E-state index contributed by atoms with van der Waals surface area (Å²) in [4.78, 5) is 17.3. The highest BCUT2D eigenvalue weighted by Crippen LogP contribution is 2.19. The van der Waals surface area contributed by atoms with Gasteiger partial charge in [0, 0.05) is 24.5 Å². The number of benzene rings is 2. The molecule has 1 atom stereocenters. The molecule has 1 unspecified atom stereocenters. The van der Waals surface area contributed by atoms with Gasteiger partial charge in [0.25, 0.3) is 5.91 Å². The third kappa shape index (κ3) is 4.46. The van der Waals surface area contributed by atoms with Crippen LogP contribution in [-0.4, -0.2) is 37.8 Å². The predicted molar refractivity (Wildman–Crippen MR) is 127 cm³/mol. The van der Waals surface area contributed by atoms with Crippen LogP contribution in [0.4, 0.5) is 0 Å². The molecule has 2 aromatic carbocycles. The van der Waals surface area contributed by atoms with Crippen LogP contribution < -0.4 is 5.32 Å². The third-order valence-corrected chi connectivity index (χ3v) is 6.14. The van der Waals surface area contributed by atoms with Crippen molar-refractivity contribution in [1.82, 2.24) is 19.4 Å². The number of fused-ring (bicyclic) bond motifs is 1. The first kappa shape index (κ1) is 21.8. The predicted octanol–water partition coefficient (Wildman–Crippen LogP) is 3.91. The number of hydrogen-bond acceptors (Lipinski definition) is 3. The van der Waals surface area contributed by atoms with Crippen molar-refractivity contribution < 1.29 is 9.90 Å². The molecule has 6 heteroatoms. The molecule has 0 fully saturated rings. The summed E-state index contributed by atoms with van der Waals surface area (Å²) >= 11 is 0. The van der Waals surface area contributed by atoms with Gasteiger partial charge in [-0.3, -0.25) is 4.79 Å². The second-order valence-corrected chi connectivity index (χ2v) is 8.54. The Labute approximate surface area is 188 Å². The second kappa shape index (κ2) is 9.01. The Kier molecular flexibility index (Phi) is 6.15. The summed E-state index contributed by atoms with van der Waals surface area (Å²) < 4.78 is 4.08. The fraction of sp³-hybridized carbons (Fsp3) is 0.308. The summed E-state index contributed by atoms with van der Waals surface area (Å²) in [6.07, 6.45) is 1.02. The zero-order chi connectivity index (χ0) is 22.8. The van der Waals surface area contributed by atoms with Gasteiger partial charge < -0.3 is 19.6 Å². The molecule has 0 saturated carbocycles. The zero-order valence-corrected chi connectivity index (χ0v) is 19.1. The minimum atomic E-state index is -0.717. The van der Waals surface area contributed by atoms with Crippen molar-refractivity contribution in [2.45, 2.75) is 46.9 Å². The molecule has 0 spiro atoms. The average Bonchev–Trinajstić information content (AvgIpc) is 3.28. The van der Waals surface area contributed by atoms with E-state index in [4.69, 9.17) is 0 Å². The monoisotopic (exact) mass is 430 g/mol. The van der Waals surface area contributed by atoms with Gasteiger partial charge in [0.15, 0.2) is 0 Å². The lowest BCUT2D eigenvalue weighted by Crippen LogP contribution is -2.34. The number of imidazole rings is 1. The number of carbonyl (C=O) groups is 1. The summed E-state index contributed by atoms with van der Waals surface area (Å²) in [5, 5.41) is 13.4. The van der Waals surface area contributed by atoms with Crippen molar-refractivity contribution in [3.8, 4) is 0 Å². The van der Waals surface area contributed by atoms with Crippen molar-refractivity contribution >= 4 is 16.9 Å². The molecule has 32 heavy (non-hydrogen) atoms. The van der Waals surface area contributed by atoms with E-state index in [9.17, 15) is 9.90 Å². The highest BCUT2D eigenvalue weighted by atomic mass is 16.3. The number of aliphatic hydroxyl groups excluding tert-OH is 1. The zero-order valence-electron chi connectivity index (χ0n) is 19.1. The molecule has 4 aromatic rings. The molecule has 0 aliphatic carbocycles. The SMILES string of the molecule is Cc1cc2ncn(CC(O)CNC(=O)c3cc(C)n(Cc4ccccc4)c3C)c2cc1C. The van der Waals surface area contributed by atoms with Gasteiger partial charge in [0.2, 0.25) is 0 Å². The molecule has 2 heterocycles. The maximum Gasteiger partial charge on any atom is 0.253 e. The molecule has 2 aromatic heterocycles. The molecule has 0 aliphatic heterocycles. The Morgan fingerprint density at radius 3 is 2.53 bits per heavy atom. The number of amides is 1. The first-order valence-corrected chi connectivity index (χ1v) is 10.9. The maximum atomic E-state index is 12.8. The van der Waals surface area contributed by atoms with Crippen LogP contribution in [0.25, 0.3) is 11.0 Å². The Balaban J connectivity index is 1.41. The van der Waals surface area contributed by atoms with Crippen molar-refractivity contribution in [1.29, 1.82) is 0 Å². The number of nitrogens with one attached hydrogen (secondary N) is 1. The number of rotatable bonds is 7. The Morgan fingerprint density at radius 2 is 1.78 bits per heavy atom. The van der Waals surface area contributed by atoms with Crippen LogP contribution in [0.5, 0.6) is 0 Å². The topological polar surface area (TPSA) is 72.1 Å². The molecule has 4 rings (SSSR count). The number of aryl methyl sites for hydroxylation is 3. The molecule has 1 amide bonds. The Bertz CT molecular complexity index is 1250. The smallest absolute Gasteiger partial charge is 0.253 e. The number of carbonyl (C=O) groups excluding carboxylic acids is 1. The van der Waals surface area contributed by atoms with Crippen molar-refractivity contribution in [3.05, 3.63) is 88.5 Å². The molecule has 6 nitrogen and oxygen atoms in total. The Hall–Kier alpha value is -3.38. The lowest BCUT2D eigenvalue weighted by atomic mass is 10.1. The maximum absolute atomic E-state index is 12.8. The second-order valence-electron chi connectivity index (χ2n) is 8.54. The van der Waals surface area contributed by atoms with Crippen molar-refractivity contribution in [3.63, 3.8) is 0 Å². The van der Waals surface area contributed by atoms with Gasteiger partial charge in [-0.05, 0) is 62.6 Å². The quantitative estimate of drug-likeness (QED) is 0.467. The first-order chi connectivity index (χ1) is 15.3. The van der Waals surface area contributed by atoms with E-state index in [0.29, 0.717) is 12.1 Å². The summed E-state index contributed by atoms with van der Waals surface area (Å²) in [5.74, 6) is -0.168. The molecule has 0 aliphatic rings. The highest BCUT2D eigenvalue weighted by molar-refractivity contribution is 5.95. The summed E-state index contributed by atoms with van der Waals surface area (Å²) in [5.41, 5.74) is 8.07. The summed E-state index contributed by atoms with van der Waals surface area (Å²) in [6, 6.07) is 16.3. The minimum absolute atomic E-state index is 0.168. The van der Waals surface area contributed by atoms with Crippen LogP contribution in [0, 0.1) is 27.7 Å². The molecule has 0 saturated heterocycles. The number of aromatic nitrogens is 3. The fourth-order valence-corrected chi connectivity index (χ4v) is 4.10. The van der Waals surface area contributed by atoms with Crippen LogP contribution in [0.1, 0.15) is 38.4 Å². The normalized spacial score (nSPS) is 12.3. The summed E-state index contributed by atoms with van der Waals surface area (Å²) in [6.45, 7) is 9.36. The van der Waals surface area contributed by atoms with Gasteiger partial charge in [0.05, 0.1) is 35.6 Å². The van der Waals surface area contributed by atoms with Crippen LogP contribution >= 0.6 is 0 Å². The number of aliphatic hydroxyl groups is 1. The molecular weight excluding hydrogens is 400 g/mol. The van der Waals surface area contributed by atoms with E-state index in [1.807, 2.05) is 42.7 Å². The minimum Gasteiger partial charge on any atom is -0.389 e. The van der Waals surface area contributed by atoms with Crippen LogP contribution in [0.2, 0.25) is 0 Å². The van der Waals surface area contributed by atoms with Crippen LogP contribution in [0.15, 0.2) is 54.9 Å². The van der Waals surface area contributed by atoms with Gasteiger partial charge in [-0.15, -0.1) is 0 Å². The largest absolute Gasteiger partial charge is 0.389 e. The van der Waals surface area contributed by atoms with Gasteiger partial charge in [-0.2, -0.15) is 0 Å². The first-order valence-electron chi connectivity index (χ1n) is 10.9. The van der Waals surface area contributed by atoms with Gasteiger partial charge >= 0.3 is 0 Å². The average molecular weight is 431 g/mol. The van der Waals surface area contributed by atoms with E-state index in [2.05, 4.69) is 53.0 Å². The van der Waals surface area contributed by atoms with Crippen molar-refractivity contribution in [2.24, 2.45) is 0 Å². The summed E-state index contributed by atoms with van der Waals surface area (Å²) in [7, 11) is 0. The van der Waals surface area contributed by atoms with E-state index in [0.717, 1.165) is 29.0 Å². The van der Waals surface area contributed by atoms with E-state index in [1.165, 1.54) is 16.7 Å². The van der Waals surface area contributed by atoms with Crippen molar-refractivity contribution in [2.75, 3.05) is 6.54 Å². The molecular formula is C26H30N4O2. The standard InChI is InChI=1S/C26H30N4O2/c1-17-10-24-25(11-18(17)2)29(16-28-24)15-22(31)13-27-26(32)23-12-19(3)30(20(23)4)14-21-8-6-5-7-9-21/h5-12,16,22,31H,13-15H2,1-4H3,(H,27,32). The molecule has 166 valence electrons. The molecule has 2 N–H and O–H groups in total. The van der Waals surface area contributed by atoms with Gasteiger partial charge in [-0.25, -0.2) is 4.98 Å². The van der Waals surface area contributed by atoms with Gasteiger partial charge in [-0.1, -0.05) is 30.3 Å². The lowest BCUT2D eigenvalue weighted by Gasteiger charge is -2.14. The van der Waals surface area contributed by atoms with Gasteiger partial charge in [0.1, 0.15) is 0 Å². The van der Waals surface area contributed by atoms with E-state index < -0.39 is 6.10 Å². The van der Waals surface area contributed by atoms with E-state index in [-0.39, 0.29) is 12.5 Å². The van der Waals surface area contributed by atoms with Crippen LogP contribution in [-0.2, 0) is 13.1 Å². The highest BCUT2D eigenvalue weighted by Gasteiger charge is 2.17. The van der Waals surface area contributed by atoms with E-state index >= 15 is 0 Å². The molecule has 0 radical (unpaired) electrons. The van der Waals surface area contributed by atoms with Crippen LogP contribution in [0.3, 0.4) is 0 Å². The fourth-order valence-electron chi connectivity index (χ4n) is 4.10. The van der Waals surface area contributed by atoms with E-state index in [1.54, 1.807) is 6.33 Å². The third-order valence-electron chi connectivity index (χ3n) is 6.14. The number of nitrogens with zero attached hydrogens (tertiary/aromatic N) is 3. The Morgan fingerprint density at radius 1 is 1.06 bits per heavy atom. The number of hydrogen-bond donors (Lipinski definition) is 2. The lowest BCUT2D eigenvalue weighted by molar-refractivity contribution is 0.0904. The molecule has 0 bridgehead atoms.